The van der Waals surface area contributed by atoms with E-state index in [1.165, 1.54) is 0 Å². The number of benzene rings is 1. The Balaban J connectivity index is 2.37. The second kappa shape index (κ2) is 2.13. The maximum atomic E-state index is 11.0. The highest BCUT2D eigenvalue weighted by molar-refractivity contribution is 5.87. The van der Waals surface area contributed by atoms with Gasteiger partial charge in [0.15, 0.2) is 0 Å². The highest BCUT2D eigenvalue weighted by Crippen LogP contribution is 2.28. The van der Waals surface area contributed by atoms with Crippen molar-refractivity contribution in [1.82, 2.24) is 4.57 Å². The van der Waals surface area contributed by atoms with Crippen LogP contribution < -0.4 is 4.74 Å². The lowest BCUT2D eigenvalue weighted by molar-refractivity contribution is -0.132. The molecule has 0 spiro atoms. The van der Waals surface area contributed by atoms with Crippen molar-refractivity contribution in [3.05, 3.63) is 30.3 Å². The Morgan fingerprint density at radius 3 is 3.08 bits per heavy atom. The van der Waals surface area contributed by atoms with E-state index in [0.29, 0.717) is 12.4 Å². The van der Waals surface area contributed by atoms with E-state index < -0.39 is 0 Å². The zero-order valence-electron chi connectivity index (χ0n) is 6.86. The SMILES string of the molecule is O=C1Cn2c(cc3ccccc32)O1. The summed E-state index contributed by atoms with van der Waals surface area (Å²) in [6.07, 6.45) is 0. The second-order valence-corrected chi connectivity index (χ2v) is 3.10. The number of aromatic nitrogens is 1. The van der Waals surface area contributed by atoms with E-state index in [-0.39, 0.29) is 5.97 Å². The van der Waals surface area contributed by atoms with Crippen molar-refractivity contribution in [3.63, 3.8) is 0 Å². The number of rotatable bonds is 0. The average molecular weight is 173 g/mol. The van der Waals surface area contributed by atoms with Gasteiger partial charge >= 0.3 is 5.97 Å². The lowest BCUT2D eigenvalue weighted by Crippen LogP contribution is -2.03. The molecular formula is C10H7NO2. The summed E-state index contributed by atoms with van der Waals surface area (Å²) in [6.45, 7) is 0.336. The van der Waals surface area contributed by atoms with Gasteiger partial charge in [-0.2, -0.15) is 0 Å². The molecule has 0 bridgehead atoms. The van der Waals surface area contributed by atoms with E-state index in [1.807, 2.05) is 34.9 Å². The maximum Gasteiger partial charge on any atom is 0.332 e. The summed E-state index contributed by atoms with van der Waals surface area (Å²) in [7, 11) is 0. The van der Waals surface area contributed by atoms with Crippen molar-refractivity contribution in [1.29, 1.82) is 0 Å². The minimum atomic E-state index is -0.180. The van der Waals surface area contributed by atoms with Crippen molar-refractivity contribution >= 4 is 16.9 Å². The molecule has 3 heteroatoms. The Morgan fingerprint density at radius 2 is 2.15 bits per heavy atom. The van der Waals surface area contributed by atoms with Gasteiger partial charge in [0.25, 0.3) is 0 Å². The van der Waals surface area contributed by atoms with Crippen LogP contribution in [0.25, 0.3) is 10.9 Å². The van der Waals surface area contributed by atoms with Gasteiger partial charge in [-0.1, -0.05) is 18.2 Å². The molecule has 0 unspecified atom stereocenters. The van der Waals surface area contributed by atoms with Crippen LogP contribution in [0.3, 0.4) is 0 Å². The number of ether oxygens (including phenoxy) is 1. The van der Waals surface area contributed by atoms with Gasteiger partial charge in [-0.05, 0) is 6.07 Å². The number of para-hydroxylation sites is 1. The third kappa shape index (κ3) is 0.811. The van der Waals surface area contributed by atoms with Crippen molar-refractivity contribution in [2.45, 2.75) is 6.54 Å². The fraction of sp³-hybridized carbons (Fsp3) is 0.100. The molecule has 0 N–H and O–H groups in total. The van der Waals surface area contributed by atoms with Crippen molar-refractivity contribution in [2.24, 2.45) is 0 Å². The summed E-state index contributed by atoms with van der Waals surface area (Å²) < 4.78 is 6.90. The maximum absolute atomic E-state index is 11.0. The molecule has 0 amide bonds. The van der Waals surface area contributed by atoms with E-state index >= 15 is 0 Å². The summed E-state index contributed by atoms with van der Waals surface area (Å²) in [4.78, 5) is 11.0. The van der Waals surface area contributed by atoms with E-state index in [9.17, 15) is 4.79 Å². The Labute approximate surface area is 74.5 Å². The van der Waals surface area contributed by atoms with Crippen molar-refractivity contribution in [3.8, 4) is 5.88 Å². The summed E-state index contributed by atoms with van der Waals surface area (Å²) in [5.74, 6) is 0.479. The highest BCUT2D eigenvalue weighted by Gasteiger charge is 2.21. The van der Waals surface area contributed by atoms with Gasteiger partial charge < -0.3 is 9.30 Å². The monoisotopic (exact) mass is 173 g/mol. The number of carbonyl (C=O) groups excluding carboxylic acids is 1. The largest absolute Gasteiger partial charge is 0.408 e. The minimum Gasteiger partial charge on any atom is -0.408 e. The summed E-state index contributed by atoms with van der Waals surface area (Å²) in [5, 5.41) is 1.12. The highest BCUT2D eigenvalue weighted by atomic mass is 16.6. The molecule has 64 valence electrons. The van der Waals surface area contributed by atoms with Crippen LogP contribution in [-0.2, 0) is 11.3 Å². The lowest BCUT2D eigenvalue weighted by atomic mass is 10.2. The van der Waals surface area contributed by atoms with Gasteiger partial charge in [0.2, 0.25) is 5.88 Å². The summed E-state index contributed by atoms with van der Waals surface area (Å²) in [5.41, 5.74) is 1.06. The number of hydrogen-bond acceptors (Lipinski definition) is 2. The third-order valence-corrected chi connectivity index (χ3v) is 2.28. The molecule has 0 radical (unpaired) electrons. The van der Waals surface area contributed by atoms with Crippen LogP contribution in [-0.4, -0.2) is 10.5 Å². The first-order chi connectivity index (χ1) is 6.34. The Bertz CT molecular complexity index is 499. The van der Waals surface area contributed by atoms with Crippen LogP contribution in [0.4, 0.5) is 0 Å². The quantitative estimate of drug-likeness (QED) is 0.566. The van der Waals surface area contributed by atoms with Crippen LogP contribution in [0, 0.1) is 0 Å². The van der Waals surface area contributed by atoms with Gasteiger partial charge in [0.1, 0.15) is 6.54 Å². The molecule has 2 aromatic rings. The number of hydrogen-bond donors (Lipinski definition) is 0. The molecule has 1 aromatic heterocycles. The number of carbonyl (C=O) groups is 1. The number of nitrogens with zero attached hydrogens (tertiary/aromatic N) is 1. The Morgan fingerprint density at radius 1 is 1.31 bits per heavy atom. The summed E-state index contributed by atoms with van der Waals surface area (Å²) >= 11 is 0. The zero-order chi connectivity index (χ0) is 8.84. The van der Waals surface area contributed by atoms with Gasteiger partial charge in [-0.15, -0.1) is 0 Å². The molecule has 0 atom stereocenters. The fourth-order valence-electron chi connectivity index (χ4n) is 1.71. The molecule has 3 rings (SSSR count). The van der Waals surface area contributed by atoms with E-state index in [2.05, 4.69) is 0 Å². The zero-order valence-corrected chi connectivity index (χ0v) is 6.86. The molecule has 0 saturated heterocycles. The molecule has 0 aliphatic carbocycles. The third-order valence-electron chi connectivity index (χ3n) is 2.28. The van der Waals surface area contributed by atoms with Crippen LogP contribution in [0.15, 0.2) is 30.3 Å². The number of esters is 1. The fourth-order valence-corrected chi connectivity index (χ4v) is 1.71. The summed E-state index contributed by atoms with van der Waals surface area (Å²) in [6, 6.07) is 9.81. The van der Waals surface area contributed by atoms with Gasteiger partial charge in [0.05, 0.1) is 5.52 Å². The normalized spacial score (nSPS) is 14.6. The van der Waals surface area contributed by atoms with E-state index in [4.69, 9.17) is 4.74 Å². The molecule has 0 fully saturated rings. The van der Waals surface area contributed by atoms with E-state index in [0.717, 1.165) is 10.9 Å². The molecule has 2 heterocycles. The van der Waals surface area contributed by atoms with Crippen LogP contribution in [0.2, 0.25) is 0 Å². The lowest BCUT2D eigenvalue weighted by Gasteiger charge is -1.93. The first-order valence-corrected chi connectivity index (χ1v) is 4.13. The van der Waals surface area contributed by atoms with Crippen LogP contribution in [0.1, 0.15) is 0 Å². The Kier molecular flexibility index (Phi) is 1.10. The topological polar surface area (TPSA) is 31.2 Å². The first kappa shape index (κ1) is 6.71. The van der Waals surface area contributed by atoms with Gasteiger partial charge in [0, 0.05) is 11.5 Å². The molecule has 1 aliphatic rings. The van der Waals surface area contributed by atoms with Gasteiger partial charge in [-0.25, -0.2) is 4.79 Å². The molecule has 13 heavy (non-hydrogen) atoms. The molecular weight excluding hydrogens is 166 g/mol. The Hall–Kier alpha value is -1.77. The minimum absolute atomic E-state index is 0.180. The first-order valence-electron chi connectivity index (χ1n) is 4.13. The predicted molar refractivity (Wildman–Crippen MR) is 47.6 cm³/mol. The van der Waals surface area contributed by atoms with Crippen LogP contribution in [0.5, 0.6) is 5.88 Å². The molecule has 3 nitrogen and oxygen atoms in total. The molecule has 1 aromatic carbocycles. The standard InChI is InChI=1S/C10H7NO2/c12-10-6-11-8-4-2-1-3-7(8)5-9(11)13-10/h1-5H,6H2. The smallest absolute Gasteiger partial charge is 0.332 e. The molecule has 0 saturated carbocycles. The van der Waals surface area contributed by atoms with Crippen LogP contribution >= 0.6 is 0 Å². The van der Waals surface area contributed by atoms with Gasteiger partial charge in [-0.3, -0.25) is 0 Å². The second-order valence-electron chi connectivity index (χ2n) is 3.10. The van der Waals surface area contributed by atoms with E-state index in [1.54, 1.807) is 0 Å². The number of fused-ring (bicyclic) bond motifs is 3. The predicted octanol–water partition coefficient (Wildman–Crippen LogP) is 1.56. The molecule has 1 aliphatic heterocycles. The van der Waals surface area contributed by atoms with Crippen molar-refractivity contribution < 1.29 is 9.53 Å². The average Bonchev–Trinajstić information content (AvgIpc) is 2.60. The van der Waals surface area contributed by atoms with Crippen molar-refractivity contribution in [2.75, 3.05) is 0 Å².